The second kappa shape index (κ2) is 7.76. The van der Waals surface area contributed by atoms with E-state index >= 15 is 0 Å². The van der Waals surface area contributed by atoms with Crippen LogP contribution in [0.4, 0.5) is 15.8 Å². The molecule has 3 aliphatic carbocycles. The van der Waals surface area contributed by atoms with Gasteiger partial charge < -0.3 is 10.2 Å². The first-order valence-electron chi connectivity index (χ1n) is 10.9. The van der Waals surface area contributed by atoms with E-state index in [1.54, 1.807) is 23.2 Å². The molecule has 0 radical (unpaired) electrons. The molecule has 1 aromatic carbocycles. The topological polar surface area (TPSA) is 85.7 Å². The molecule has 2 bridgehead atoms. The Morgan fingerprint density at radius 2 is 1.74 bits per heavy atom. The number of fused-ring (bicyclic) bond motifs is 2. The van der Waals surface area contributed by atoms with Gasteiger partial charge in [-0.05, 0) is 73.3 Å². The van der Waals surface area contributed by atoms with E-state index < -0.39 is 10.6 Å². The largest absolute Gasteiger partial charge is 0.352 e. The first kappa shape index (κ1) is 20.7. The predicted molar refractivity (Wildman–Crippen MR) is 121 cm³/mol. The Hall–Kier alpha value is -2.16. The third-order valence-electron chi connectivity index (χ3n) is 6.96. The van der Waals surface area contributed by atoms with Crippen LogP contribution in [0.5, 0.6) is 0 Å². The monoisotopic (exact) mass is 445 g/mol. The van der Waals surface area contributed by atoms with E-state index in [4.69, 9.17) is 0 Å². The van der Waals surface area contributed by atoms with Crippen LogP contribution in [0, 0.1) is 12.7 Å². The molecular weight excluding hydrogens is 417 g/mol. The molecule has 0 atom stereocenters. The minimum absolute atomic E-state index is 0.132. The zero-order chi connectivity index (χ0) is 21.8. The summed E-state index contributed by atoms with van der Waals surface area (Å²) in [5, 5.41) is 3.26. The minimum Gasteiger partial charge on any atom is -0.352 e. The lowest BCUT2D eigenvalue weighted by atomic mass is 9.66. The Morgan fingerprint density at radius 3 is 2.42 bits per heavy atom. The molecule has 1 saturated heterocycles. The third-order valence-corrected chi connectivity index (χ3v) is 8.63. The molecule has 166 valence electrons. The molecule has 2 heterocycles. The zero-order valence-electron chi connectivity index (χ0n) is 17.6. The van der Waals surface area contributed by atoms with Gasteiger partial charge in [0.2, 0.25) is 0 Å². The fraction of sp³-hybridized carbons (Fsp3) is 0.478. The van der Waals surface area contributed by atoms with Crippen LogP contribution in [0.2, 0.25) is 0 Å². The molecule has 1 amide bonds. The number of carbonyl (C=O) groups excluding carboxylic acids is 1. The number of hydrogen-bond acceptors (Lipinski definition) is 5. The quantitative estimate of drug-likeness (QED) is 0.602. The highest BCUT2D eigenvalue weighted by molar-refractivity contribution is 8.24. The van der Waals surface area contributed by atoms with Gasteiger partial charge in [0.05, 0.1) is 29.1 Å². The Bertz CT molecular complexity index is 1030. The molecule has 8 heteroatoms. The molecule has 6 nitrogen and oxygen atoms in total. The van der Waals surface area contributed by atoms with E-state index in [2.05, 4.69) is 10.3 Å². The zero-order valence-corrected chi connectivity index (χ0v) is 18.4. The summed E-state index contributed by atoms with van der Waals surface area (Å²) in [7, 11) is -2.57. The van der Waals surface area contributed by atoms with Crippen molar-refractivity contribution in [3.63, 3.8) is 0 Å². The van der Waals surface area contributed by atoms with Crippen LogP contribution >= 0.6 is 10.6 Å². The summed E-state index contributed by atoms with van der Waals surface area (Å²) < 4.78 is 34.2. The standard InChI is InChI=1S/C23H28FN3O3S/c1-14-2-7-17(24)18(12-14)26-19-13-25-22(21-16-5-3-15(4-6-16)20(19)21)23(28)27-8-10-31(29,30)11-9-27/h2,7,12-13,15-16,26,29-30H,3-6,8-11H2,1H3. The van der Waals surface area contributed by atoms with Gasteiger partial charge in [0.1, 0.15) is 11.5 Å². The summed E-state index contributed by atoms with van der Waals surface area (Å²) in [5.41, 5.74) is 4.79. The number of carbonyl (C=O) groups is 1. The van der Waals surface area contributed by atoms with Crippen molar-refractivity contribution in [3.8, 4) is 0 Å². The van der Waals surface area contributed by atoms with Gasteiger partial charge in [-0.2, -0.15) is 10.6 Å². The van der Waals surface area contributed by atoms with Gasteiger partial charge in [-0.3, -0.25) is 13.9 Å². The maximum atomic E-state index is 14.4. The Kier molecular flexibility index (Phi) is 5.19. The van der Waals surface area contributed by atoms with Crippen LogP contribution in [0.1, 0.15) is 64.7 Å². The molecule has 1 aliphatic heterocycles. The van der Waals surface area contributed by atoms with Crippen molar-refractivity contribution in [1.82, 2.24) is 9.88 Å². The van der Waals surface area contributed by atoms with Crippen molar-refractivity contribution in [2.45, 2.75) is 44.4 Å². The molecule has 0 unspecified atom stereocenters. The van der Waals surface area contributed by atoms with Gasteiger partial charge >= 0.3 is 0 Å². The van der Waals surface area contributed by atoms with Crippen LogP contribution in [-0.2, 0) is 0 Å². The lowest BCUT2D eigenvalue weighted by Gasteiger charge is -2.42. The average molecular weight is 446 g/mol. The number of benzene rings is 1. The Morgan fingerprint density at radius 1 is 1.10 bits per heavy atom. The smallest absolute Gasteiger partial charge is 0.272 e. The van der Waals surface area contributed by atoms with E-state index in [0.29, 0.717) is 36.3 Å². The molecule has 0 spiro atoms. The summed E-state index contributed by atoms with van der Waals surface area (Å²) in [6.07, 6.45) is 5.91. The molecule has 1 aromatic heterocycles. The molecule has 31 heavy (non-hydrogen) atoms. The number of hydrogen-bond donors (Lipinski definition) is 3. The van der Waals surface area contributed by atoms with Crippen molar-refractivity contribution in [3.05, 3.63) is 52.6 Å². The van der Waals surface area contributed by atoms with E-state index in [-0.39, 0.29) is 23.2 Å². The SMILES string of the molecule is Cc1ccc(F)c(Nc2cnc(C(=O)N3CCS(O)(O)CC3)c3c2C2CCC3CC2)c1. The van der Waals surface area contributed by atoms with E-state index in [1.807, 2.05) is 6.92 Å². The summed E-state index contributed by atoms with van der Waals surface area (Å²) in [5.74, 6) is 0.636. The fourth-order valence-electron chi connectivity index (χ4n) is 5.29. The van der Waals surface area contributed by atoms with Gasteiger partial charge in [-0.15, -0.1) is 0 Å². The molecular formula is C23H28FN3O3S. The van der Waals surface area contributed by atoms with Crippen molar-refractivity contribution in [1.29, 1.82) is 0 Å². The summed E-state index contributed by atoms with van der Waals surface area (Å²) in [6, 6.07) is 4.99. The summed E-state index contributed by atoms with van der Waals surface area (Å²) >= 11 is 0. The molecule has 2 aromatic rings. The predicted octanol–water partition coefficient (Wildman–Crippen LogP) is 5.23. The van der Waals surface area contributed by atoms with Gasteiger partial charge in [-0.25, -0.2) is 9.37 Å². The van der Waals surface area contributed by atoms with Crippen molar-refractivity contribution < 1.29 is 18.3 Å². The van der Waals surface area contributed by atoms with E-state index in [1.165, 1.54) is 6.07 Å². The van der Waals surface area contributed by atoms with Crippen LogP contribution in [0.25, 0.3) is 0 Å². The van der Waals surface area contributed by atoms with Crippen molar-refractivity contribution in [2.24, 2.45) is 0 Å². The van der Waals surface area contributed by atoms with Crippen molar-refractivity contribution >= 4 is 27.9 Å². The molecule has 2 fully saturated rings. The third kappa shape index (κ3) is 3.81. The Balaban J connectivity index is 1.52. The maximum absolute atomic E-state index is 14.4. The van der Waals surface area contributed by atoms with E-state index in [0.717, 1.165) is 48.1 Å². The average Bonchev–Trinajstić information content (AvgIpc) is 2.77. The van der Waals surface area contributed by atoms with Crippen molar-refractivity contribution in [2.75, 3.05) is 29.9 Å². The van der Waals surface area contributed by atoms with Crippen LogP contribution < -0.4 is 5.32 Å². The summed E-state index contributed by atoms with van der Waals surface area (Å²) in [6.45, 7) is 2.59. The maximum Gasteiger partial charge on any atom is 0.272 e. The van der Waals surface area contributed by atoms with Gasteiger partial charge in [0, 0.05) is 13.1 Å². The van der Waals surface area contributed by atoms with Gasteiger partial charge in [0.25, 0.3) is 5.91 Å². The highest BCUT2D eigenvalue weighted by Gasteiger charge is 2.39. The summed E-state index contributed by atoms with van der Waals surface area (Å²) in [4.78, 5) is 19.6. The molecule has 4 aliphatic rings. The number of amides is 1. The number of aryl methyl sites for hydroxylation is 1. The molecule has 1 saturated carbocycles. The van der Waals surface area contributed by atoms with Crippen LogP contribution in [-0.4, -0.2) is 49.5 Å². The van der Waals surface area contributed by atoms with E-state index in [9.17, 15) is 18.3 Å². The highest BCUT2D eigenvalue weighted by atomic mass is 32.3. The number of pyridine rings is 1. The van der Waals surface area contributed by atoms with Gasteiger partial charge in [-0.1, -0.05) is 6.07 Å². The second-order valence-electron chi connectivity index (χ2n) is 9.01. The van der Waals surface area contributed by atoms with Gasteiger partial charge in [0.15, 0.2) is 0 Å². The highest BCUT2D eigenvalue weighted by Crippen LogP contribution is 2.53. The normalized spacial score (nSPS) is 25.1. The molecule has 3 N–H and O–H groups in total. The number of halogens is 1. The van der Waals surface area contributed by atoms with Crippen LogP contribution in [0.3, 0.4) is 0 Å². The lowest BCUT2D eigenvalue weighted by molar-refractivity contribution is 0.0759. The number of rotatable bonds is 3. The number of anilines is 2. The Labute approximate surface area is 183 Å². The fourth-order valence-corrected chi connectivity index (χ4v) is 6.52. The lowest BCUT2D eigenvalue weighted by Crippen LogP contribution is -2.43. The second-order valence-corrected chi connectivity index (χ2v) is 11.4. The van der Waals surface area contributed by atoms with Crippen LogP contribution in [0.15, 0.2) is 24.4 Å². The first-order chi connectivity index (χ1) is 14.8. The first-order valence-corrected chi connectivity index (χ1v) is 12.8. The minimum atomic E-state index is -2.57. The number of nitrogens with zero attached hydrogens (tertiary/aromatic N) is 2. The number of nitrogens with one attached hydrogen (secondary N) is 1. The molecule has 6 rings (SSSR count). The number of aromatic nitrogens is 1.